The van der Waals surface area contributed by atoms with E-state index in [0.29, 0.717) is 6.61 Å². The van der Waals surface area contributed by atoms with Crippen LogP contribution in [0.3, 0.4) is 0 Å². The van der Waals surface area contributed by atoms with E-state index < -0.39 is 6.29 Å². The van der Waals surface area contributed by atoms with E-state index in [9.17, 15) is 5.11 Å². The van der Waals surface area contributed by atoms with Crippen LogP contribution in [0.25, 0.3) is 0 Å². The maximum Gasteiger partial charge on any atom is 0.176 e. The summed E-state index contributed by atoms with van der Waals surface area (Å²) in [5.74, 6) is 0. The molecule has 0 saturated heterocycles. The lowest BCUT2D eigenvalue weighted by Gasteiger charge is -2.23. The summed E-state index contributed by atoms with van der Waals surface area (Å²) in [4.78, 5) is 0. The van der Waals surface area contributed by atoms with Gasteiger partial charge in [0.15, 0.2) is 6.29 Å². The number of rotatable bonds is 3. The van der Waals surface area contributed by atoms with Crippen LogP contribution in [-0.4, -0.2) is 30.3 Å². The van der Waals surface area contributed by atoms with Crippen molar-refractivity contribution in [3.8, 4) is 0 Å². The molecule has 0 aromatic rings. The topological polar surface area (TPSA) is 53.9 Å². The molecule has 1 aliphatic heterocycles. The average molecular weight is 158 g/mol. The Morgan fingerprint density at radius 1 is 1.91 bits per heavy atom. The van der Waals surface area contributed by atoms with Crippen molar-refractivity contribution in [2.45, 2.75) is 32.1 Å². The Morgan fingerprint density at radius 2 is 2.73 bits per heavy atom. The fourth-order valence-corrected chi connectivity index (χ4v) is 1.02. The van der Waals surface area contributed by atoms with Crippen LogP contribution in [0.15, 0.2) is 5.10 Å². The molecule has 2 atom stereocenters. The van der Waals surface area contributed by atoms with Gasteiger partial charge in [0.05, 0.1) is 6.04 Å². The van der Waals surface area contributed by atoms with Crippen molar-refractivity contribution in [3.05, 3.63) is 0 Å². The number of aliphatic hydroxyl groups excluding tert-OH is 1. The van der Waals surface area contributed by atoms with Crippen molar-refractivity contribution in [3.63, 3.8) is 0 Å². The Labute approximate surface area is 66.2 Å². The number of hydrogen-bond acceptors (Lipinski definition) is 4. The normalized spacial score (nSPS) is 26.2. The lowest BCUT2D eigenvalue weighted by molar-refractivity contribution is -0.117. The minimum absolute atomic E-state index is 0.0417. The Morgan fingerprint density at radius 3 is 3.27 bits per heavy atom. The van der Waals surface area contributed by atoms with E-state index in [1.54, 1.807) is 6.21 Å². The molecule has 4 heteroatoms. The molecule has 1 aliphatic rings. The quantitative estimate of drug-likeness (QED) is 0.572. The van der Waals surface area contributed by atoms with Crippen molar-refractivity contribution in [2.24, 2.45) is 5.10 Å². The predicted octanol–water partition coefficient (Wildman–Crippen LogP) is 0.0791. The highest BCUT2D eigenvalue weighted by molar-refractivity contribution is 5.57. The molecule has 0 amide bonds. The molecule has 0 aromatic carbocycles. The maximum absolute atomic E-state index is 9.32. The van der Waals surface area contributed by atoms with E-state index in [2.05, 4.69) is 10.5 Å². The van der Waals surface area contributed by atoms with Crippen molar-refractivity contribution in [2.75, 3.05) is 6.61 Å². The molecule has 0 aliphatic carbocycles. The minimum atomic E-state index is -0.725. The van der Waals surface area contributed by atoms with Crippen LogP contribution in [0.1, 0.15) is 19.8 Å². The first kappa shape index (κ1) is 8.49. The van der Waals surface area contributed by atoms with Crippen LogP contribution in [-0.2, 0) is 4.74 Å². The van der Waals surface area contributed by atoms with Gasteiger partial charge in [-0.3, -0.25) is 0 Å². The maximum atomic E-state index is 9.32. The summed E-state index contributed by atoms with van der Waals surface area (Å²) in [6, 6.07) is -0.0417. The van der Waals surface area contributed by atoms with Crippen molar-refractivity contribution >= 4 is 6.21 Å². The second-order valence-corrected chi connectivity index (χ2v) is 2.47. The molecule has 2 unspecified atom stereocenters. The van der Waals surface area contributed by atoms with Crippen LogP contribution in [0.5, 0.6) is 0 Å². The third-order valence-electron chi connectivity index (χ3n) is 1.62. The second kappa shape index (κ2) is 4.31. The van der Waals surface area contributed by atoms with Gasteiger partial charge in [-0.25, -0.2) is 0 Å². The third-order valence-corrected chi connectivity index (χ3v) is 1.62. The van der Waals surface area contributed by atoms with Gasteiger partial charge in [0.1, 0.15) is 0 Å². The summed E-state index contributed by atoms with van der Waals surface area (Å²) in [5, 5.41) is 13.2. The minimum Gasteiger partial charge on any atom is -0.366 e. The van der Waals surface area contributed by atoms with Gasteiger partial charge in [0.25, 0.3) is 0 Å². The van der Waals surface area contributed by atoms with Gasteiger partial charge in [-0.15, -0.1) is 0 Å². The first-order valence-corrected chi connectivity index (χ1v) is 3.91. The molecular formula is C7H14N2O2. The molecule has 4 nitrogen and oxygen atoms in total. The third kappa shape index (κ3) is 2.48. The standard InChI is InChI=1S/C7H14N2O2/c1-2-11-7(10)6-4-3-5-8-9-6/h5-7,9-10H,2-4H2,1H3. The largest absolute Gasteiger partial charge is 0.366 e. The summed E-state index contributed by atoms with van der Waals surface area (Å²) in [7, 11) is 0. The fourth-order valence-electron chi connectivity index (χ4n) is 1.02. The molecule has 1 heterocycles. The molecule has 0 saturated carbocycles. The van der Waals surface area contributed by atoms with Crippen molar-refractivity contribution < 1.29 is 9.84 Å². The zero-order chi connectivity index (χ0) is 8.10. The number of ether oxygens (including phenoxy) is 1. The Hall–Kier alpha value is -0.610. The lowest BCUT2D eigenvalue weighted by atomic mass is 10.1. The van der Waals surface area contributed by atoms with E-state index in [1.165, 1.54) is 0 Å². The molecule has 0 bridgehead atoms. The smallest absolute Gasteiger partial charge is 0.176 e. The SMILES string of the molecule is CCOC(O)C1CCC=NN1. The van der Waals surface area contributed by atoms with Gasteiger partial charge in [-0.1, -0.05) is 0 Å². The fraction of sp³-hybridized carbons (Fsp3) is 0.857. The van der Waals surface area contributed by atoms with Gasteiger partial charge in [-0.2, -0.15) is 5.10 Å². The monoisotopic (exact) mass is 158 g/mol. The Kier molecular flexibility index (Phi) is 3.32. The first-order chi connectivity index (χ1) is 5.34. The summed E-state index contributed by atoms with van der Waals surface area (Å²) in [5.41, 5.74) is 2.80. The Bertz CT molecular complexity index is 138. The summed E-state index contributed by atoms with van der Waals surface area (Å²) in [6.45, 7) is 2.39. The van der Waals surface area contributed by atoms with Crippen molar-refractivity contribution in [1.82, 2.24) is 5.43 Å². The molecule has 64 valence electrons. The number of aliphatic hydroxyl groups is 1. The number of nitrogens with zero attached hydrogens (tertiary/aromatic N) is 1. The van der Waals surface area contributed by atoms with Crippen LogP contribution in [0.2, 0.25) is 0 Å². The molecule has 11 heavy (non-hydrogen) atoms. The van der Waals surface area contributed by atoms with Crippen LogP contribution < -0.4 is 5.43 Å². The van der Waals surface area contributed by atoms with E-state index in [-0.39, 0.29) is 6.04 Å². The summed E-state index contributed by atoms with van der Waals surface area (Å²) < 4.78 is 5.00. The molecule has 0 aromatic heterocycles. The molecular weight excluding hydrogens is 144 g/mol. The highest BCUT2D eigenvalue weighted by atomic mass is 16.6. The highest BCUT2D eigenvalue weighted by Crippen LogP contribution is 2.06. The molecule has 0 fully saturated rings. The van der Waals surface area contributed by atoms with Crippen LogP contribution in [0, 0.1) is 0 Å². The number of hydrogen-bond donors (Lipinski definition) is 2. The predicted molar refractivity (Wildman–Crippen MR) is 42.3 cm³/mol. The van der Waals surface area contributed by atoms with Gasteiger partial charge in [-0.05, 0) is 19.8 Å². The van der Waals surface area contributed by atoms with Gasteiger partial charge in [0, 0.05) is 12.8 Å². The van der Waals surface area contributed by atoms with Gasteiger partial charge in [0.2, 0.25) is 0 Å². The first-order valence-electron chi connectivity index (χ1n) is 3.91. The number of hydrazone groups is 1. The number of nitrogens with one attached hydrogen (secondary N) is 1. The summed E-state index contributed by atoms with van der Waals surface area (Å²) in [6.07, 6.45) is 2.86. The summed E-state index contributed by atoms with van der Waals surface area (Å²) >= 11 is 0. The zero-order valence-corrected chi connectivity index (χ0v) is 6.66. The van der Waals surface area contributed by atoms with Crippen molar-refractivity contribution in [1.29, 1.82) is 0 Å². The van der Waals surface area contributed by atoms with Gasteiger partial charge >= 0.3 is 0 Å². The van der Waals surface area contributed by atoms with Crippen LogP contribution >= 0.6 is 0 Å². The molecule has 1 rings (SSSR count). The van der Waals surface area contributed by atoms with E-state index >= 15 is 0 Å². The average Bonchev–Trinajstić information content (AvgIpc) is 2.07. The Balaban J connectivity index is 2.28. The van der Waals surface area contributed by atoms with Crippen LogP contribution in [0.4, 0.5) is 0 Å². The molecule has 0 radical (unpaired) electrons. The molecule has 0 spiro atoms. The van der Waals surface area contributed by atoms with E-state index in [0.717, 1.165) is 12.8 Å². The zero-order valence-electron chi connectivity index (χ0n) is 6.66. The lowest BCUT2D eigenvalue weighted by Crippen LogP contribution is -2.40. The van der Waals surface area contributed by atoms with Gasteiger partial charge < -0.3 is 15.3 Å². The van der Waals surface area contributed by atoms with E-state index in [4.69, 9.17) is 4.74 Å². The highest BCUT2D eigenvalue weighted by Gasteiger charge is 2.19. The second-order valence-electron chi connectivity index (χ2n) is 2.47. The van der Waals surface area contributed by atoms with E-state index in [1.807, 2.05) is 6.92 Å². The molecule has 2 N–H and O–H groups in total.